The summed E-state index contributed by atoms with van der Waals surface area (Å²) in [5, 5.41) is 0. The molecule has 1 aliphatic heterocycles. The van der Waals surface area contributed by atoms with Crippen molar-refractivity contribution in [3.8, 4) is 0 Å². The molecule has 2 rings (SSSR count). The highest BCUT2D eigenvalue weighted by atomic mass is 16.2. The fraction of sp³-hybridized carbons (Fsp3) is 0.923. The lowest BCUT2D eigenvalue weighted by Gasteiger charge is -2.30. The van der Waals surface area contributed by atoms with E-state index in [0.717, 1.165) is 25.9 Å². The lowest BCUT2D eigenvalue weighted by molar-refractivity contribution is -0.136. The predicted octanol–water partition coefficient (Wildman–Crippen LogP) is 0.668. The molecule has 0 aromatic carbocycles. The highest BCUT2D eigenvalue weighted by molar-refractivity contribution is 5.86. The maximum atomic E-state index is 12.2. The summed E-state index contributed by atoms with van der Waals surface area (Å²) in [6, 6.07) is 0. The molecule has 98 valence electrons. The molecule has 0 bridgehead atoms. The second kappa shape index (κ2) is 4.94. The van der Waals surface area contributed by atoms with Crippen molar-refractivity contribution in [2.24, 2.45) is 11.7 Å². The molecule has 1 aliphatic carbocycles. The lowest BCUT2D eigenvalue weighted by atomic mass is 9.95. The Labute approximate surface area is 104 Å². The standard InChI is InChI=1S/C13H25N3O/c1-13(14,11-5-6-11)12(17)15(2)9-10-16-7-3-4-8-16/h11H,3-10,14H2,1-2H3. The van der Waals surface area contributed by atoms with Crippen molar-refractivity contribution in [3.63, 3.8) is 0 Å². The smallest absolute Gasteiger partial charge is 0.242 e. The third-order valence-electron chi connectivity index (χ3n) is 4.18. The Balaban J connectivity index is 1.78. The molecule has 1 heterocycles. The molecule has 0 spiro atoms. The number of likely N-dealkylation sites (N-methyl/N-ethyl adjacent to an activating group) is 1. The second-order valence-electron chi connectivity index (χ2n) is 5.83. The molecule has 2 aliphatic rings. The highest BCUT2D eigenvalue weighted by Gasteiger charge is 2.45. The molecule has 0 radical (unpaired) electrons. The van der Waals surface area contributed by atoms with Crippen molar-refractivity contribution in [1.82, 2.24) is 9.80 Å². The van der Waals surface area contributed by atoms with Gasteiger partial charge in [-0.3, -0.25) is 4.79 Å². The first-order chi connectivity index (χ1) is 8.01. The predicted molar refractivity (Wildman–Crippen MR) is 68.6 cm³/mol. The largest absolute Gasteiger partial charge is 0.343 e. The molecule has 1 atom stereocenters. The summed E-state index contributed by atoms with van der Waals surface area (Å²) >= 11 is 0. The van der Waals surface area contributed by atoms with Crippen LogP contribution in [-0.2, 0) is 4.79 Å². The quantitative estimate of drug-likeness (QED) is 0.767. The fourth-order valence-corrected chi connectivity index (χ4v) is 2.67. The number of hydrogen-bond acceptors (Lipinski definition) is 3. The van der Waals surface area contributed by atoms with E-state index in [1.807, 2.05) is 18.9 Å². The van der Waals surface area contributed by atoms with Crippen LogP contribution in [0.5, 0.6) is 0 Å². The molecule has 2 N–H and O–H groups in total. The number of nitrogens with zero attached hydrogens (tertiary/aromatic N) is 2. The first-order valence-electron chi connectivity index (χ1n) is 6.78. The van der Waals surface area contributed by atoms with Crippen molar-refractivity contribution < 1.29 is 4.79 Å². The van der Waals surface area contributed by atoms with Crippen LogP contribution in [0.2, 0.25) is 0 Å². The van der Waals surface area contributed by atoms with Crippen molar-refractivity contribution in [2.45, 2.75) is 38.1 Å². The number of carbonyl (C=O) groups excluding carboxylic acids is 1. The molecule has 4 heteroatoms. The fourth-order valence-electron chi connectivity index (χ4n) is 2.67. The van der Waals surface area contributed by atoms with Gasteiger partial charge >= 0.3 is 0 Å². The van der Waals surface area contributed by atoms with Gasteiger partial charge in [0.2, 0.25) is 5.91 Å². The normalized spacial score (nSPS) is 24.6. The third kappa shape index (κ3) is 2.99. The van der Waals surface area contributed by atoms with Crippen molar-refractivity contribution in [2.75, 3.05) is 33.2 Å². The van der Waals surface area contributed by atoms with E-state index in [1.165, 1.54) is 25.9 Å². The van der Waals surface area contributed by atoms with Crippen LogP contribution in [0.15, 0.2) is 0 Å². The first-order valence-corrected chi connectivity index (χ1v) is 6.78. The highest BCUT2D eigenvalue weighted by Crippen LogP contribution is 2.38. The number of nitrogens with two attached hydrogens (primary N) is 1. The van der Waals surface area contributed by atoms with E-state index in [2.05, 4.69) is 4.90 Å². The van der Waals surface area contributed by atoms with Gasteiger partial charge in [0.25, 0.3) is 0 Å². The maximum Gasteiger partial charge on any atom is 0.242 e. The first kappa shape index (κ1) is 12.8. The Hall–Kier alpha value is -0.610. The summed E-state index contributed by atoms with van der Waals surface area (Å²) in [5.41, 5.74) is 5.51. The summed E-state index contributed by atoms with van der Waals surface area (Å²) < 4.78 is 0. The SMILES string of the molecule is CN(CCN1CCCC1)C(=O)C(C)(N)C1CC1. The minimum atomic E-state index is -0.639. The number of carbonyl (C=O) groups is 1. The van der Waals surface area contributed by atoms with Crippen molar-refractivity contribution in [3.05, 3.63) is 0 Å². The average molecular weight is 239 g/mol. The van der Waals surface area contributed by atoms with Crippen LogP contribution in [0.1, 0.15) is 32.6 Å². The molecule has 1 saturated carbocycles. The third-order valence-corrected chi connectivity index (χ3v) is 4.18. The zero-order valence-corrected chi connectivity index (χ0v) is 11.1. The number of likely N-dealkylation sites (tertiary alicyclic amines) is 1. The van der Waals surface area contributed by atoms with Crippen LogP contribution in [0.4, 0.5) is 0 Å². The van der Waals surface area contributed by atoms with Gasteiger partial charge in [0.05, 0.1) is 5.54 Å². The van der Waals surface area contributed by atoms with E-state index in [-0.39, 0.29) is 5.91 Å². The minimum Gasteiger partial charge on any atom is -0.343 e. The van der Waals surface area contributed by atoms with E-state index in [1.54, 1.807) is 0 Å². The molecule has 1 saturated heterocycles. The Morgan fingerprint density at radius 3 is 2.53 bits per heavy atom. The Bertz CT molecular complexity index is 280. The van der Waals surface area contributed by atoms with Crippen LogP contribution in [0.3, 0.4) is 0 Å². The molecule has 0 aromatic rings. The number of amides is 1. The van der Waals surface area contributed by atoms with E-state index in [9.17, 15) is 4.79 Å². The van der Waals surface area contributed by atoms with Crippen LogP contribution in [0, 0.1) is 5.92 Å². The van der Waals surface area contributed by atoms with Crippen LogP contribution in [0.25, 0.3) is 0 Å². The van der Waals surface area contributed by atoms with Gasteiger partial charge in [-0.15, -0.1) is 0 Å². The number of hydrogen-bond donors (Lipinski definition) is 1. The van der Waals surface area contributed by atoms with Gasteiger partial charge in [-0.1, -0.05) is 0 Å². The Morgan fingerprint density at radius 2 is 2.00 bits per heavy atom. The summed E-state index contributed by atoms with van der Waals surface area (Å²) in [5.74, 6) is 0.517. The molecule has 1 unspecified atom stereocenters. The lowest BCUT2D eigenvalue weighted by Crippen LogP contribution is -2.54. The number of rotatable bonds is 5. The van der Waals surface area contributed by atoms with Crippen LogP contribution in [-0.4, -0.2) is 54.5 Å². The van der Waals surface area contributed by atoms with Crippen molar-refractivity contribution >= 4 is 5.91 Å². The minimum absolute atomic E-state index is 0.110. The molecule has 4 nitrogen and oxygen atoms in total. The van der Waals surface area contributed by atoms with Gasteiger partial charge in [0, 0.05) is 20.1 Å². The summed E-state index contributed by atoms with van der Waals surface area (Å²) in [6.07, 6.45) is 4.82. The van der Waals surface area contributed by atoms with Gasteiger partial charge in [-0.25, -0.2) is 0 Å². The molecular weight excluding hydrogens is 214 g/mol. The summed E-state index contributed by atoms with van der Waals surface area (Å²) in [7, 11) is 1.88. The zero-order chi connectivity index (χ0) is 12.5. The molecular formula is C13H25N3O. The Morgan fingerprint density at radius 1 is 1.41 bits per heavy atom. The maximum absolute atomic E-state index is 12.2. The van der Waals surface area contributed by atoms with E-state index >= 15 is 0 Å². The van der Waals surface area contributed by atoms with Gasteiger partial charge < -0.3 is 15.5 Å². The van der Waals surface area contributed by atoms with E-state index in [0.29, 0.717) is 5.92 Å². The van der Waals surface area contributed by atoms with Gasteiger partial charge in [0.1, 0.15) is 0 Å². The van der Waals surface area contributed by atoms with Gasteiger partial charge in [0.15, 0.2) is 0 Å². The van der Waals surface area contributed by atoms with Crippen LogP contribution >= 0.6 is 0 Å². The summed E-state index contributed by atoms with van der Waals surface area (Å²) in [6.45, 7) is 6.05. The Kier molecular flexibility index (Phi) is 3.73. The summed E-state index contributed by atoms with van der Waals surface area (Å²) in [4.78, 5) is 16.5. The van der Waals surface area contributed by atoms with Crippen molar-refractivity contribution in [1.29, 1.82) is 0 Å². The van der Waals surface area contributed by atoms with Gasteiger partial charge in [-0.2, -0.15) is 0 Å². The zero-order valence-electron chi connectivity index (χ0n) is 11.1. The topological polar surface area (TPSA) is 49.6 Å². The molecule has 17 heavy (non-hydrogen) atoms. The average Bonchev–Trinajstić information content (AvgIpc) is 3.04. The van der Waals surface area contributed by atoms with E-state index < -0.39 is 5.54 Å². The van der Waals surface area contributed by atoms with Gasteiger partial charge in [-0.05, 0) is 51.6 Å². The second-order valence-corrected chi connectivity index (χ2v) is 5.83. The molecule has 0 aromatic heterocycles. The van der Waals surface area contributed by atoms with Crippen LogP contribution < -0.4 is 5.73 Å². The van der Waals surface area contributed by atoms with E-state index in [4.69, 9.17) is 5.73 Å². The monoisotopic (exact) mass is 239 g/mol. The molecule has 2 fully saturated rings. The molecule has 1 amide bonds.